The molecule has 184 valence electrons. The first kappa shape index (κ1) is 23.4. The summed E-state index contributed by atoms with van der Waals surface area (Å²) in [6.45, 7) is 3.82. The van der Waals surface area contributed by atoms with Crippen molar-refractivity contribution in [2.75, 3.05) is 4.90 Å². The summed E-state index contributed by atoms with van der Waals surface area (Å²) < 4.78 is 2.51. The van der Waals surface area contributed by atoms with Gasteiger partial charge in [-0.1, -0.05) is 60.2 Å². The minimum absolute atomic E-state index is 0.000269. The number of pyridine rings is 1. The average Bonchev–Trinajstić information content (AvgIpc) is 3.54. The molecule has 7 nitrogen and oxygen atoms in total. The molecule has 1 fully saturated rings. The second kappa shape index (κ2) is 8.83. The van der Waals surface area contributed by atoms with E-state index in [1.165, 1.54) is 16.2 Å². The van der Waals surface area contributed by atoms with Crippen molar-refractivity contribution in [2.45, 2.75) is 26.3 Å². The highest BCUT2D eigenvalue weighted by molar-refractivity contribution is 7.22. The molecule has 0 saturated carbocycles. The summed E-state index contributed by atoms with van der Waals surface area (Å²) in [5.41, 5.74) is 4.03. The summed E-state index contributed by atoms with van der Waals surface area (Å²) in [7, 11) is 0. The van der Waals surface area contributed by atoms with Gasteiger partial charge in [-0.15, -0.1) is 0 Å². The summed E-state index contributed by atoms with van der Waals surface area (Å²) >= 11 is 7.45. The van der Waals surface area contributed by atoms with Crippen LogP contribution in [0, 0.1) is 6.92 Å². The quantitative estimate of drug-likeness (QED) is 0.173. The van der Waals surface area contributed by atoms with Crippen molar-refractivity contribution >= 4 is 61.4 Å². The first-order valence-corrected chi connectivity index (χ1v) is 13.0. The van der Waals surface area contributed by atoms with E-state index >= 15 is 0 Å². The van der Waals surface area contributed by atoms with Crippen LogP contribution < -0.4 is 4.90 Å². The number of rotatable bonds is 4. The maximum Gasteiger partial charge on any atom is 0.301 e. The average molecular weight is 529 g/mol. The van der Waals surface area contributed by atoms with Crippen LogP contribution in [0.3, 0.4) is 0 Å². The number of fused-ring (bicyclic) bond motifs is 2. The van der Waals surface area contributed by atoms with Gasteiger partial charge in [0.2, 0.25) is 0 Å². The van der Waals surface area contributed by atoms with Gasteiger partial charge >= 0.3 is 5.91 Å². The van der Waals surface area contributed by atoms with Crippen molar-refractivity contribution in [3.8, 4) is 0 Å². The lowest BCUT2D eigenvalue weighted by molar-refractivity contribution is -0.132. The van der Waals surface area contributed by atoms with Gasteiger partial charge in [0.25, 0.3) is 5.78 Å². The number of nitrogens with zero attached hydrogens (tertiary/aromatic N) is 4. The molecule has 1 aliphatic rings. The number of anilines is 1. The molecular weight excluding hydrogens is 508 g/mol. The topological polar surface area (TPSA) is 87.8 Å². The summed E-state index contributed by atoms with van der Waals surface area (Å²) in [5.74, 6) is -1.79. The van der Waals surface area contributed by atoms with Crippen LogP contribution in [-0.4, -0.2) is 31.2 Å². The van der Waals surface area contributed by atoms with Crippen LogP contribution in [0.1, 0.15) is 35.5 Å². The molecule has 3 aromatic heterocycles. The zero-order valence-electron chi connectivity index (χ0n) is 20.0. The number of hydrogen-bond donors (Lipinski definition) is 1. The number of halogens is 1. The number of carbonyl (C=O) groups is 2. The van der Waals surface area contributed by atoms with Crippen LogP contribution in [0.25, 0.3) is 21.6 Å². The van der Waals surface area contributed by atoms with Gasteiger partial charge in [0.1, 0.15) is 11.3 Å². The predicted molar refractivity (Wildman–Crippen MR) is 145 cm³/mol. The van der Waals surface area contributed by atoms with Crippen LogP contribution in [-0.2, 0) is 16.0 Å². The third kappa shape index (κ3) is 3.72. The number of aliphatic hydroxyl groups excluding tert-OH is 1. The van der Waals surface area contributed by atoms with Crippen molar-refractivity contribution in [1.82, 2.24) is 14.4 Å². The highest BCUT2D eigenvalue weighted by Gasteiger charge is 2.48. The SMILES string of the molecule is CCc1ccc(C2C(=C(O)c3c(C)nc4ccccn34)C(=O)C(=O)N2c2nc3ccc(Cl)cc3s2)cc1. The molecule has 1 amide bonds. The van der Waals surface area contributed by atoms with Crippen LogP contribution >= 0.6 is 22.9 Å². The van der Waals surface area contributed by atoms with Crippen molar-refractivity contribution in [2.24, 2.45) is 0 Å². The normalized spacial score (nSPS) is 17.4. The Labute approximate surface area is 221 Å². The maximum atomic E-state index is 13.6. The molecule has 37 heavy (non-hydrogen) atoms. The number of aryl methyl sites for hydroxylation is 2. The van der Waals surface area contributed by atoms with Crippen molar-refractivity contribution in [1.29, 1.82) is 0 Å². The van der Waals surface area contributed by atoms with Crippen molar-refractivity contribution in [3.63, 3.8) is 0 Å². The maximum absolute atomic E-state index is 13.6. The largest absolute Gasteiger partial charge is 0.505 e. The molecule has 1 atom stereocenters. The number of Topliss-reactive ketones (excluding diaryl/α,β-unsaturated/α-hetero) is 1. The highest BCUT2D eigenvalue weighted by Crippen LogP contribution is 2.44. The Hall–Kier alpha value is -4.01. The number of imidazole rings is 1. The lowest BCUT2D eigenvalue weighted by Crippen LogP contribution is -2.29. The highest BCUT2D eigenvalue weighted by atomic mass is 35.5. The Morgan fingerprint density at radius 2 is 1.86 bits per heavy atom. The predicted octanol–water partition coefficient (Wildman–Crippen LogP) is 6.09. The van der Waals surface area contributed by atoms with E-state index in [0.717, 1.165) is 16.7 Å². The van der Waals surface area contributed by atoms with Crippen LogP contribution in [0.15, 0.2) is 72.4 Å². The second-order valence-corrected chi connectivity index (χ2v) is 10.3. The van der Waals surface area contributed by atoms with Crippen LogP contribution in [0.5, 0.6) is 0 Å². The van der Waals surface area contributed by atoms with Crippen LogP contribution in [0.2, 0.25) is 5.02 Å². The Balaban J connectivity index is 1.60. The number of benzene rings is 2. The summed E-state index contributed by atoms with van der Waals surface area (Å²) in [6, 6.07) is 17.6. The fourth-order valence-electron chi connectivity index (χ4n) is 4.80. The van der Waals surface area contributed by atoms with E-state index in [2.05, 4.69) is 16.9 Å². The van der Waals surface area contributed by atoms with E-state index in [0.29, 0.717) is 38.3 Å². The number of aromatic nitrogens is 3. The van der Waals surface area contributed by atoms with Gasteiger partial charge < -0.3 is 5.11 Å². The summed E-state index contributed by atoms with van der Waals surface area (Å²) in [6.07, 6.45) is 2.61. The van der Waals surface area contributed by atoms with Gasteiger partial charge in [-0.05, 0) is 54.8 Å². The molecule has 0 radical (unpaired) electrons. The Kier molecular flexibility index (Phi) is 5.58. The fraction of sp³-hybridized carbons (Fsp3) is 0.143. The van der Waals surface area contributed by atoms with E-state index in [9.17, 15) is 14.7 Å². The van der Waals surface area contributed by atoms with Gasteiger partial charge in [0, 0.05) is 11.2 Å². The van der Waals surface area contributed by atoms with Crippen LogP contribution in [0.4, 0.5) is 5.13 Å². The number of amides is 1. The zero-order valence-corrected chi connectivity index (χ0v) is 21.5. The molecule has 0 bridgehead atoms. The first-order chi connectivity index (χ1) is 17.9. The number of aliphatic hydroxyl groups is 1. The number of ketones is 1. The Morgan fingerprint density at radius 3 is 2.62 bits per heavy atom. The molecule has 1 aliphatic heterocycles. The van der Waals surface area contributed by atoms with Crippen molar-refractivity contribution in [3.05, 3.63) is 100.0 Å². The molecule has 0 spiro atoms. The van der Waals surface area contributed by atoms with Gasteiger partial charge in [0.15, 0.2) is 10.9 Å². The smallest absolute Gasteiger partial charge is 0.301 e. The number of carbonyl (C=O) groups excluding carboxylic acids is 2. The first-order valence-electron chi connectivity index (χ1n) is 11.8. The number of thiazole rings is 1. The third-order valence-corrected chi connectivity index (χ3v) is 7.87. The van der Waals surface area contributed by atoms with Gasteiger partial charge in [-0.2, -0.15) is 0 Å². The van der Waals surface area contributed by atoms with E-state index in [-0.39, 0.29) is 11.3 Å². The molecule has 0 aliphatic carbocycles. The molecule has 1 saturated heterocycles. The van der Waals surface area contributed by atoms with E-state index in [1.54, 1.807) is 35.7 Å². The van der Waals surface area contributed by atoms with E-state index in [1.807, 2.05) is 42.5 Å². The molecular formula is C28H21ClN4O3S. The summed E-state index contributed by atoms with van der Waals surface area (Å²) in [4.78, 5) is 37.7. The monoisotopic (exact) mass is 528 g/mol. The van der Waals surface area contributed by atoms with Gasteiger partial charge in [-0.3, -0.25) is 18.9 Å². The molecule has 5 aromatic rings. The lowest BCUT2D eigenvalue weighted by atomic mass is 9.95. The Bertz CT molecular complexity index is 1750. The second-order valence-electron chi connectivity index (χ2n) is 8.85. The fourth-order valence-corrected chi connectivity index (χ4v) is 6.06. The molecule has 1 unspecified atom stereocenters. The molecule has 1 N–H and O–H groups in total. The molecule has 2 aromatic carbocycles. The number of hydrogen-bond acceptors (Lipinski definition) is 6. The standard InChI is InChI=1S/C28H21ClN4O3S/c1-3-16-7-9-17(10-8-16)24-22(25(34)23-15(2)30-21-6-4-5-13-32(21)23)26(35)27(36)33(24)28-31-19-12-11-18(29)14-20(19)37-28/h4-14,24,34H,3H2,1-2H3. The van der Waals surface area contributed by atoms with Crippen molar-refractivity contribution < 1.29 is 14.7 Å². The van der Waals surface area contributed by atoms with Gasteiger partial charge in [0.05, 0.1) is 27.5 Å². The van der Waals surface area contributed by atoms with Gasteiger partial charge in [-0.25, -0.2) is 9.97 Å². The zero-order chi connectivity index (χ0) is 25.8. The summed E-state index contributed by atoms with van der Waals surface area (Å²) in [5, 5.41) is 12.5. The third-order valence-electron chi connectivity index (χ3n) is 6.62. The lowest BCUT2D eigenvalue weighted by Gasteiger charge is -2.23. The molecule has 6 rings (SSSR count). The Morgan fingerprint density at radius 1 is 1.08 bits per heavy atom. The molecule has 9 heteroatoms. The molecule has 4 heterocycles. The minimum Gasteiger partial charge on any atom is -0.505 e. The minimum atomic E-state index is -0.865. The van der Waals surface area contributed by atoms with E-state index in [4.69, 9.17) is 11.6 Å². The van der Waals surface area contributed by atoms with E-state index < -0.39 is 17.7 Å².